The highest BCUT2D eigenvalue weighted by atomic mass is 32.2. The van der Waals surface area contributed by atoms with Gasteiger partial charge in [-0.05, 0) is 56.2 Å². The van der Waals surface area contributed by atoms with Gasteiger partial charge in [0.1, 0.15) is 16.7 Å². The van der Waals surface area contributed by atoms with Crippen molar-refractivity contribution in [2.24, 2.45) is 4.99 Å². The molecule has 4 rings (SSSR count). The predicted molar refractivity (Wildman–Crippen MR) is 122 cm³/mol. The fourth-order valence-corrected chi connectivity index (χ4v) is 4.59. The zero-order valence-electron chi connectivity index (χ0n) is 17.5. The molecule has 2 amide bonds. The second-order valence-electron chi connectivity index (χ2n) is 7.32. The Bertz CT molecular complexity index is 989. The number of amides is 2. The number of amidine groups is 1. The van der Waals surface area contributed by atoms with E-state index in [4.69, 9.17) is 14.5 Å². The highest BCUT2D eigenvalue weighted by Crippen LogP contribution is 2.39. The number of ether oxygens (including phenoxy) is 2. The van der Waals surface area contributed by atoms with Crippen LogP contribution < -0.4 is 14.8 Å². The number of thioether (sulfide) groups is 1. The van der Waals surface area contributed by atoms with Crippen LogP contribution in [0.15, 0.2) is 53.5 Å². The van der Waals surface area contributed by atoms with Gasteiger partial charge in [-0.25, -0.2) is 4.99 Å². The van der Waals surface area contributed by atoms with Gasteiger partial charge in [-0.1, -0.05) is 23.9 Å². The zero-order chi connectivity index (χ0) is 21.8. The summed E-state index contributed by atoms with van der Waals surface area (Å²) in [5, 5.41) is 3.02. The van der Waals surface area contributed by atoms with Crippen LogP contribution in [0.25, 0.3) is 0 Å². The van der Waals surface area contributed by atoms with Crippen molar-refractivity contribution >= 4 is 40.1 Å². The third-order valence-corrected chi connectivity index (χ3v) is 6.15. The molecule has 1 N–H and O–H groups in total. The first kappa shape index (κ1) is 21.2. The van der Waals surface area contributed by atoms with Crippen LogP contribution in [-0.4, -0.2) is 46.9 Å². The molecular formula is C23H25N3O4S. The molecule has 2 aromatic rings. The number of rotatable bonds is 8. The van der Waals surface area contributed by atoms with E-state index in [0.29, 0.717) is 23.2 Å². The molecule has 2 aliphatic rings. The third kappa shape index (κ3) is 5.02. The molecule has 0 radical (unpaired) electrons. The van der Waals surface area contributed by atoms with Gasteiger partial charge in [0, 0.05) is 12.5 Å². The average molecular weight is 440 g/mol. The van der Waals surface area contributed by atoms with Crippen LogP contribution in [0.5, 0.6) is 11.5 Å². The Hall–Kier alpha value is -3.00. The van der Waals surface area contributed by atoms with Gasteiger partial charge < -0.3 is 14.8 Å². The number of nitrogens with zero attached hydrogens (tertiary/aromatic N) is 2. The highest BCUT2D eigenvalue weighted by Gasteiger charge is 2.46. The molecular weight excluding hydrogens is 414 g/mol. The summed E-state index contributed by atoms with van der Waals surface area (Å²) in [5.41, 5.74) is 1.34. The normalized spacial score (nSPS) is 19.5. The van der Waals surface area contributed by atoms with Crippen LogP contribution in [0.4, 0.5) is 11.4 Å². The van der Waals surface area contributed by atoms with E-state index in [1.165, 1.54) is 11.8 Å². The molecule has 2 fully saturated rings. The maximum Gasteiger partial charge on any atom is 0.242 e. The van der Waals surface area contributed by atoms with E-state index in [9.17, 15) is 9.59 Å². The number of carbonyl (C=O) groups excluding carboxylic acids is 2. The SMILES string of the molecule is CCOc1ccc(N=C2SC(CC(=O)Nc3ccccc3OC)C(=O)N2C2CC2)cc1. The van der Waals surface area contributed by atoms with Gasteiger partial charge >= 0.3 is 0 Å². The fraction of sp³-hybridized carbons (Fsp3) is 0.348. The average Bonchev–Trinajstić information content (AvgIpc) is 3.55. The molecule has 162 valence electrons. The lowest BCUT2D eigenvalue weighted by Crippen LogP contribution is -2.35. The number of anilines is 1. The van der Waals surface area contributed by atoms with Crippen LogP contribution in [0.2, 0.25) is 0 Å². The number of carbonyl (C=O) groups is 2. The Morgan fingerprint density at radius 1 is 1.19 bits per heavy atom. The van der Waals surface area contributed by atoms with Crippen molar-refractivity contribution in [1.82, 2.24) is 4.90 Å². The van der Waals surface area contributed by atoms with Crippen molar-refractivity contribution in [2.45, 2.75) is 37.5 Å². The summed E-state index contributed by atoms with van der Waals surface area (Å²) < 4.78 is 10.7. The van der Waals surface area contributed by atoms with E-state index in [1.807, 2.05) is 43.3 Å². The van der Waals surface area contributed by atoms with Gasteiger partial charge in [-0.2, -0.15) is 0 Å². The Morgan fingerprint density at radius 2 is 1.94 bits per heavy atom. The number of hydrogen-bond donors (Lipinski definition) is 1. The summed E-state index contributed by atoms with van der Waals surface area (Å²) in [6, 6.07) is 14.9. The topological polar surface area (TPSA) is 80.2 Å². The molecule has 1 unspecified atom stereocenters. The van der Waals surface area contributed by atoms with E-state index < -0.39 is 5.25 Å². The van der Waals surface area contributed by atoms with Gasteiger partial charge in [0.05, 0.1) is 25.1 Å². The first-order chi connectivity index (χ1) is 15.1. The van der Waals surface area contributed by atoms with Crippen molar-refractivity contribution in [2.75, 3.05) is 19.0 Å². The van der Waals surface area contributed by atoms with E-state index in [1.54, 1.807) is 24.1 Å². The second kappa shape index (κ2) is 9.43. The Balaban J connectivity index is 1.47. The third-order valence-electron chi connectivity index (χ3n) is 5.00. The first-order valence-electron chi connectivity index (χ1n) is 10.3. The van der Waals surface area contributed by atoms with Crippen LogP contribution in [0.3, 0.4) is 0 Å². The molecule has 1 saturated carbocycles. The minimum atomic E-state index is -0.489. The lowest BCUT2D eigenvalue weighted by Gasteiger charge is -2.15. The lowest BCUT2D eigenvalue weighted by atomic mass is 10.2. The summed E-state index contributed by atoms with van der Waals surface area (Å²) in [6.07, 6.45) is 2.01. The van der Waals surface area contributed by atoms with Gasteiger partial charge in [0.25, 0.3) is 0 Å². The lowest BCUT2D eigenvalue weighted by molar-refractivity contribution is -0.128. The molecule has 2 aromatic carbocycles. The van der Waals surface area contributed by atoms with E-state index in [0.717, 1.165) is 24.3 Å². The first-order valence-corrected chi connectivity index (χ1v) is 11.2. The zero-order valence-corrected chi connectivity index (χ0v) is 18.4. The Kier molecular flexibility index (Phi) is 6.46. The van der Waals surface area contributed by atoms with E-state index >= 15 is 0 Å². The minimum absolute atomic E-state index is 0.0487. The van der Waals surface area contributed by atoms with Crippen molar-refractivity contribution in [1.29, 1.82) is 0 Å². The summed E-state index contributed by atoms with van der Waals surface area (Å²) in [6.45, 7) is 2.54. The number of hydrogen-bond acceptors (Lipinski definition) is 6. The van der Waals surface area contributed by atoms with Crippen LogP contribution in [0.1, 0.15) is 26.2 Å². The van der Waals surface area contributed by atoms with Crippen molar-refractivity contribution in [3.63, 3.8) is 0 Å². The summed E-state index contributed by atoms with van der Waals surface area (Å²) in [4.78, 5) is 32.1. The molecule has 1 saturated heterocycles. The van der Waals surface area contributed by atoms with E-state index in [2.05, 4.69) is 5.32 Å². The predicted octanol–water partition coefficient (Wildman–Crippen LogP) is 4.22. The quantitative estimate of drug-likeness (QED) is 0.666. The summed E-state index contributed by atoms with van der Waals surface area (Å²) >= 11 is 1.36. The van der Waals surface area contributed by atoms with Crippen LogP contribution in [0, 0.1) is 0 Å². The number of nitrogens with one attached hydrogen (secondary N) is 1. The van der Waals surface area contributed by atoms with Gasteiger partial charge in [-0.15, -0.1) is 0 Å². The molecule has 0 bridgehead atoms. The summed E-state index contributed by atoms with van der Waals surface area (Å²) in [7, 11) is 1.55. The molecule has 1 aliphatic carbocycles. The largest absolute Gasteiger partial charge is 0.495 e. The van der Waals surface area contributed by atoms with E-state index in [-0.39, 0.29) is 24.3 Å². The molecule has 31 heavy (non-hydrogen) atoms. The van der Waals surface area contributed by atoms with Crippen molar-refractivity contribution in [3.8, 4) is 11.5 Å². The monoisotopic (exact) mass is 439 g/mol. The number of methoxy groups -OCH3 is 1. The minimum Gasteiger partial charge on any atom is -0.495 e. The Morgan fingerprint density at radius 3 is 2.61 bits per heavy atom. The second-order valence-corrected chi connectivity index (χ2v) is 8.49. The molecule has 8 heteroatoms. The number of aliphatic imine (C=N–C) groups is 1. The van der Waals surface area contributed by atoms with Crippen molar-refractivity contribution < 1.29 is 19.1 Å². The molecule has 1 heterocycles. The molecule has 7 nitrogen and oxygen atoms in total. The number of benzene rings is 2. The smallest absolute Gasteiger partial charge is 0.242 e. The van der Waals surface area contributed by atoms with Crippen molar-refractivity contribution in [3.05, 3.63) is 48.5 Å². The van der Waals surface area contributed by atoms with Gasteiger partial charge in [-0.3, -0.25) is 14.5 Å². The molecule has 1 atom stereocenters. The highest BCUT2D eigenvalue weighted by molar-refractivity contribution is 8.15. The maximum atomic E-state index is 13.0. The fourth-order valence-electron chi connectivity index (χ4n) is 3.37. The standard InChI is InChI=1S/C23H25N3O4S/c1-3-30-17-12-8-15(9-13-17)24-23-26(16-10-11-16)22(28)20(31-23)14-21(27)25-18-6-4-5-7-19(18)29-2/h4-9,12-13,16,20H,3,10-11,14H2,1-2H3,(H,25,27). The van der Waals surface area contributed by atoms with Crippen LogP contribution >= 0.6 is 11.8 Å². The van der Waals surface area contributed by atoms with Gasteiger partial charge in [0.15, 0.2) is 5.17 Å². The maximum absolute atomic E-state index is 13.0. The molecule has 0 spiro atoms. The number of para-hydroxylation sites is 2. The molecule has 1 aliphatic heterocycles. The van der Waals surface area contributed by atoms with Crippen LogP contribution in [-0.2, 0) is 9.59 Å². The summed E-state index contributed by atoms with van der Waals surface area (Å²) in [5.74, 6) is 1.09. The Labute approximate surface area is 185 Å². The van der Waals surface area contributed by atoms with Gasteiger partial charge in [0.2, 0.25) is 11.8 Å². The molecule has 0 aromatic heterocycles.